The van der Waals surface area contributed by atoms with Crippen LogP contribution in [0.3, 0.4) is 0 Å². The van der Waals surface area contributed by atoms with E-state index in [4.69, 9.17) is 5.73 Å². The van der Waals surface area contributed by atoms with Crippen LogP contribution in [0.25, 0.3) is 0 Å². The van der Waals surface area contributed by atoms with E-state index in [-0.39, 0.29) is 29.9 Å². The van der Waals surface area contributed by atoms with Gasteiger partial charge in [0.05, 0.1) is 6.04 Å². The summed E-state index contributed by atoms with van der Waals surface area (Å²) in [6.45, 7) is 10.6. The van der Waals surface area contributed by atoms with E-state index < -0.39 is 47.9 Å². The molecule has 0 aliphatic carbocycles. The van der Waals surface area contributed by atoms with Gasteiger partial charge in [-0.1, -0.05) is 60.1 Å². The molecule has 3 amide bonds. The molecule has 0 spiro atoms. The van der Waals surface area contributed by atoms with Crippen molar-refractivity contribution >= 4 is 23.7 Å². The Morgan fingerprint density at radius 2 is 1.37 bits per heavy atom. The van der Waals surface area contributed by atoms with E-state index in [0.29, 0.717) is 12.0 Å². The summed E-state index contributed by atoms with van der Waals surface area (Å²) >= 11 is 0. The fraction of sp³-hybridized carbons (Fsp3) is 0.600. The monoisotopic (exact) mass is 492 g/mol. The number of nitrogens with two attached hydrogens (primary N) is 1. The summed E-state index contributed by atoms with van der Waals surface area (Å²) in [5, 5.41) is 26.9. The number of carboxylic acids is 1. The molecule has 0 radical (unpaired) electrons. The van der Waals surface area contributed by atoms with Gasteiger partial charge >= 0.3 is 5.97 Å². The van der Waals surface area contributed by atoms with E-state index in [1.807, 2.05) is 6.92 Å². The molecule has 1 aromatic carbocycles. The van der Waals surface area contributed by atoms with Crippen molar-refractivity contribution in [3.05, 3.63) is 29.8 Å². The third-order valence-electron chi connectivity index (χ3n) is 6.05. The molecule has 0 heterocycles. The molecule has 0 aromatic heterocycles. The minimum atomic E-state index is -1.15. The third-order valence-corrected chi connectivity index (χ3v) is 6.05. The molecule has 0 aliphatic heterocycles. The predicted molar refractivity (Wildman–Crippen MR) is 132 cm³/mol. The predicted octanol–water partition coefficient (Wildman–Crippen LogP) is 1.16. The third kappa shape index (κ3) is 9.20. The molecule has 0 fully saturated rings. The van der Waals surface area contributed by atoms with E-state index in [1.54, 1.807) is 46.8 Å². The molecule has 5 atom stereocenters. The van der Waals surface area contributed by atoms with Gasteiger partial charge in [-0.25, -0.2) is 4.79 Å². The summed E-state index contributed by atoms with van der Waals surface area (Å²) in [5.74, 6) is -3.64. The van der Waals surface area contributed by atoms with E-state index in [9.17, 15) is 29.4 Å². The Hall–Kier alpha value is -3.14. The van der Waals surface area contributed by atoms with Gasteiger partial charge in [-0.3, -0.25) is 14.4 Å². The Morgan fingerprint density at radius 3 is 1.83 bits per heavy atom. The maximum atomic E-state index is 13.3. The minimum Gasteiger partial charge on any atom is -0.508 e. The van der Waals surface area contributed by atoms with Crippen LogP contribution in [0.2, 0.25) is 0 Å². The summed E-state index contributed by atoms with van der Waals surface area (Å²) in [7, 11) is 0. The number of benzene rings is 1. The maximum Gasteiger partial charge on any atom is 0.326 e. The van der Waals surface area contributed by atoms with Crippen molar-refractivity contribution in [2.24, 2.45) is 23.5 Å². The first-order valence-electron chi connectivity index (χ1n) is 12.0. The van der Waals surface area contributed by atoms with Crippen LogP contribution in [-0.2, 0) is 25.6 Å². The highest BCUT2D eigenvalue weighted by atomic mass is 16.4. The molecule has 196 valence electrons. The van der Waals surface area contributed by atoms with Crippen LogP contribution >= 0.6 is 0 Å². The lowest BCUT2D eigenvalue weighted by atomic mass is 9.96. The largest absolute Gasteiger partial charge is 0.508 e. The first-order chi connectivity index (χ1) is 16.3. The van der Waals surface area contributed by atoms with E-state index in [0.717, 1.165) is 0 Å². The molecular formula is C25H40N4O6. The molecule has 35 heavy (non-hydrogen) atoms. The van der Waals surface area contributed by atoms with Gasteiger partial charge in [-0.15, -0.1) is 0 Å². The highest BCUT2D eigenvalue weighted by molar-refractivity contribution is 5.94. The van der Waals surface area contributed by atoms with Crippen molar-refractivity contribution in [3.63, 3.8) is 0 Å². The van der Waals surface area contributed by atoms with E-state index in [1.165, 1.54) is 12.1 Å². The van der Waals surface area contributed by atoms with Crippen LogP contribution < -0.4 is 21.7 Å². The summed E-state index contributed by atoms with van der Waals surface area (Å²) in [5.41, 5.74) is 6.62. The van der Waals surface area contributed by atoms with Crippen molar-refractivity contribution in [3.8, 4) is 5.75 Å². The van der Waals surface area contributed by atoms with Crippen LogP contribution in [-0.4, -0.2) is 58.1 Å². The fourth-order valence-electron chi connectivity index (χ4n) is 3.36. The Labute approximate surface area is 207 Å². The van der Waals surface area contributed by atoms with Crippen LogP contribution in [0.5, 0.6) is 5.75 Å². The molecule has 0 saturated heterocycles. The number of carbonyl (C=O) groups is 4. The summed E-state index contributed by atoms with van der Waals surface area (Å²) < 4.78 is 0. The Bertz CT molecular complexity index is 871. The number of amides is 3. The zero-order valence-electron chi connectivity index (χ0n) is 21.4. The van der Waals surface area contributed by atoms with Crippen molar-refractivity contribution in [1.82, 2.24) is 16.0 Å². The number of carbonyl (C=O) groups excluding carboxylic acids is 3. The second kappa shape index (κ2) is 13.7. The highest BCUT2D eigenvalue weighted by Crippen LogP contribution is 2.13. The molecule has 5 unspecified atom stereocenters. The molecule has 10 nitrogen and oxygen atoms in total. The van der Waals surface area contributed by atoms with Crippen molar-refractivity contribution in [1.29, 1.82) is 0 Å². The Kier molecular flexibility index (Phi) is 11.7. The quantitative estimate of drug-likeness (QED) is 0.240. The smallest absolute Gasteiger partial charge is 0.326 e. The minimum absolute atomic E-state index is 0.0615. The van der Waals surface area contributed by atoms with Crippen molar-refractivity contribution < 1.29 is 29.4 Å². The first kappa shape index (κ1) is 29.9. The van der Waals surface area contributed by atoms with Gasteiger partial charge < -0.3 is 31.9 Å². The van der Waals surface area contributed by atoms with Gasteiger partial charge in [0.15, 0.2) is 0 Å². The molecule has 1 aromatic rings. The zero-order chi connectivity index (χ0) is 26.9. The molecular weight excluding hydrogens is 452 g/mol. The molecule has 0 aliphatic rings. The number of aliphatic carboxylic acids is 1. The molecule has 0 saturated carbocycles. The zero-order valence-corrected chi connectivity index (χ0v) is 21.4. The Morgan fingerprint density at radius 1 is 0.829 bits per heavy atom. The summed E-state index contributed by atoms with van der Waals surface area (Å²) in [6.07, 6.45) is 0.645. The van der Waals surface area contributed by atoms with Crippen LogP contribution in [0, 0.1) is 17.8 Å². The Balaban J connectivity index is 3.13. The molecule has 1 rings (SSSR count). The second-order valence-corrected chi connectivity index (χ2v) is 9.64. The number of hydrogen-bond acceptors (Lipinski definition) is 6. The second-order valence-electron chi connectivity index (χ2n) is 9.64. The lowest BCUT2D eigenvalue weighted by Gasteiger charge is -2.28. The van der Waals surface area contributed by atoms with Gasteiger partial charge in [-0.05, 0) is 35.4 Å². The lowest BCUT2D eigenvalue weighted by molar-refractivity contribution is -0.144. The standard InChI is InChI=1S/C25H40N4O6/c1-7-15(6)21(25(34)35)29-24(33)20(14(4)5)28-22(31)18(27-23(32)19(26)13(2)3)12-16-8-10-17(30)11-9-16/h8-11,13-15,18-21,30H,7,12,26H2,1-6H3,(H,27,32)(H,28,31)(H,29,33)(H,34,35). The van der Waals surface area contributed by atoms with E-state index in [2.05, 4.69) is 16.0 Å². The molecule has 7 N–H and O–H groups in total. The van der Waals surface area contributed by atoms with Crippen LogP contribution in [0.1, 0.15) is 53.5 Å². The van der Waals surface area contributed by atoms with Crippen LogP contribution in [0.15, 0.2) is 24.3 Å². The average Bonchev–Trinajstić information content (AvgIpc) is 2.79. The average molecular weight is 493 g/mol. The van der Waals surface area contributed by atoms with Crippen molar-refractivity contribution in [2.45, 2.75) is 78.6 Å². The maximum absolute atomic E-state index is 13.3. The normalized spacial score (nSPS) is 15.6. The van der Waals surface area contributed by atoms with Gasteiger partial charge in [0.1, 0.15) is 23.9 Å². The number of phenolic OH excluding ortho intramolecular Hbond substituents is 1. The molecule has 0 bridgehead atoms. The summed E-state index contributed by atoms with van der Waals surface area (Å²) in [6, 6.07) is 2.19. The van der Waals surface area contributed by atoms with Gasteiger partial charge in [-0.2, -0.15) is 0 Å². The lowest BCUT2D eigenvalue weighted by Crippen LogP contribution is -2.59. The highest BCUT2D eigenvalue weighted by Gasteiger charge is 2.33. The van der Waals surface area contributed by atoms with Gasteiger partial charge in [0.2, 0.25) is 17.7 Å². The van der Waals surface area contributed by atoms with Crippen molar-refractivity contribution in [2.75, 3.05) is 0 Å². The molecule has 10 heteroatoms. The van der Waals surface area contributed by atoms with Crippen LogP contribution in [0.4, 0.5) is 0 Å². The number of aromatic hydroxyl groups is 1. The van der Waals surface area contributed by atoms with Gasteiger partial charge in [0, 0.05) is 6.42 Å². The number of carboxylic acid groups (broad SMARTS) is 1. The number of rotatable bonds is 13. The number of phenols is 1. The van der Waals surface area contributed by atoms with E-state index >= 15 is 0 Å². The van der Waals surface area contributed by atoms with Gasteiger partial charge in [0.25, 0.3) is 0 Å². The first-order valence-corrected chi connectivity index (χ1v) is 12.0. The number of nitrogens with one attached hydrogen (secondary N) is 3. The number of hydrogen-bond donors (Lipinski definition) is 6. The fourth-order valence-corrected chi connectivity index (χ4v) is 3.36. The topological polar surface area (TPSA) is 171 Å². The SMILES string of the molecule is CCC(C)C(NC(=O)C(NC(=O)C(Cc1ccc(O)cc1)NC(=O)C(N)C(C)C)C(C)C)C(=O)O. The summed E-state index contributed by atoms with van der Waals surface area (Å²) in [4.78, 5) is 50.5.